The molecule has 1 unspecified atom stereocenters. The average molecular weight is 409 g/mol. The molecule has 0 bridgehead atoms. The lowest BCUT2D eigenvalue weighted by atomic mass is 9.88. The van der Waals surface area contributed by atoms with Crippen molar-refractivity contribution < 1.29 is 4.39 Å². The van der Waals surface area contributed by atoms with E-state index in [0.29, 0.717) is 11.5 Å². The maximum atomic E-state index is 15.0. The predicted molar refractivity (Wildman–Crippen MR) is 125 cm³/mol. The van der Waals surface area contributed by atoms with Crippen LogP contribution in [0.4, 0.5) is 4.39 Å². The molecule has 29 heavy (non-hydrogen) atoms. The number of benzene rings is 2. The van der Waals surface area contributed by atoms with Crippen molar-refractivity contribution in [2.75, 3.05) is 0 Å². The largest absolute Gasteiger partial charge is 0.206 e. The smallest absolute Gasteiger partial charge is 0.131 e. The summed E-state index contributed by atoms with van der Waals surface area (Å²) in [5, 5.41) is 2.13. The minimum Gasteiger partial charge on any atom is -0.206 e. The first-order chi connectivity index (χ1) is 14.2. The highest BCUT2D eigenvalue weighted by Crippen LogP contribution is 2.32. The Kier molecular flexibility index (Phi) is 8.49. The zero-order valence-corrected chi connectivity index (χ0v) is 18.6. The van der Waals surface area contributed by atoms with Gasteiger partial charge in [-0.2, -0.15) is 0 Å². The molecule has 0 aliphatic rings. The second-order valence-corrected chi connectivity index (χ2v) is 9.05. The van der Waals surface area contributed by atoms with E-state index >= 15 is 4.39 Å². The molecule has 2 heteroatoms. The van der Waals surface area contributed by atoms with Gasteiger partial charge in [-0.15, -0.1) is 11.3 Å². The first-order valence-electron chi connectivity index (χ1n) is 11.1. The summed E-state index contributed by atoms with van der Waals surface area (Å²) in [4.78, 5) is 1.38. The van der Waals surface area contributed by atoms with Crippen molar-refractivity contribution in [2.45, 2.75) is 71.1 Å². The number of rotatable bonds is 11. The second kappa shape index (κ2) is 11.3. The number of aryl methyl sites for hydroxylation is 1. The number of hydrogen-bond donors (Lipinski definition) is 0. The van der Waals surface area contributed by atoms with Crippen molar-refractivity contribution >= 4 is 11.3 Å². The highest BCUT2D eigenvalue weighted by atomic mass is 32.1. The van der Waals surface area contributed by atoms with Gasteiger partial charge in [-0.1, -0.05) is 82.0 Å². The van der Waals surface area contributed by atoms with Gasteiger partial charge in [-0.05, 0) is 65.8 Å². The van der Waals surface area contributed by atoms with Gasteiger partial charge in [0.15, 0.2) is 0 Å². The molecule has 0 aliphatic carbocycles. The Hall–Kier alpha value is -1.93. The topological polar surface area (TPSA) is 0 Å². The minimum atomic E-state index is -0.103. The average Bonchev–Trinajstić information content (AvgIpc) is 3.25. The summed E-state index contributed by atoms with van der Waals surface area (Å²) >= 11 is 1.80. The van der Waals surface area contributed by atoms with Crippen LogP contribution in [0.25, 0.3) is 11.1 Å². The molecule has 0 aliphatic heterocycles. The van der Waals surface area contributed by atoms with E-state index in [1.165, 1.54) is 42.5 Å². The van der Waals surface area contributed by atoms with E-state index in [0.717, 1.165) is 30.4 Å². The summed E-state index contributed by atoms with van der Waals surface area (Å²) in [7, 11) is 0. The van der Waals surface area contributed by atoms with E-state index < -0.39 is 0 Å². The molecule has 2 aromatic carbocycles. The molecule has 154 valence electrons. The molecule has 0 radical (unpaired) electrons. The van der Waals surface area contributed by atoms with Crippen LogP contribution in [0.2, 0.25) is 0 Å². The van der Waals surface area contributed by atoms with Gasteiger partial charge in [0, 0.05) is 10.4 Å². The Balaban J connectivity index is 1.75. The third-order valence-electron chi connectivity index (χ3n) is 5.73. The first-order valence-corrected chi connectivity index (χ1v) is 12.0. The minimum absolute atomic E-state index is 0.103. The fraction of sp³-hybridized carbons (Fsp3) is 0.407. The lowest BCUT2D eigenvalue weighted by molar-refractivity contribution is 0.575. The molecular formula is C27H33FS. The van der Waals surface area contributed by atoms with Crippen molar-refractivity contribution in [1.29, 1.82) is 0 Å². The van der Waals surface area contributed by atoms with Crippen LogP contribution in [0, 0.1) is 5.82 Å². The van der Waals surface area contributed by atoms with E-state index in [2.05, 4.69) is 61.7 Å². The summed E-state index contributed by atoms with van der Waals surface area (Å²) < 4.78 is 15.0. The molecule has 0 saturated carbocycles. The van der Waals surface area contributed by atoms with Crippen LogP contribution in [-0.4, -0.2) is 0 Å². The number of hydrogen-bond acceptors (Lipinski definition) is 1. The van der Waals surface area contributed by atoms with Crippen molar-refractivity contribution in [3.63, 3.8) is 0 Å². The molecule has 0 spiro atoms. The molecule has 1 atom stereocenters. The Bertz CT molecular complexity index is 849. The quantitative estimate of drug-likeness (QED) is 0.278. The molecular weight excluding hydrogens is 375 g/mol. The maximum Gasteiger partial charge on any atom is 0.131 e. The van der Waals surface area contributed by atoms with Crippen molar-refractivity contribution in [2.24, 2.45) is 0 Å². The van der Waals surface area contributed by atoms with E-state index in [1.807, 2.05) is 6.07 Å². The summed E-state index contributed by atoms with van der Waals surface area (Å²) in [6.45, 7) is 4.45. The van der Waals surface area contributed by atoms with Crippen molar-refractivity contribution in [3.05, 3.63) is 81.8 Å². The first kappa shape index (κ1) is 21.8. The van der Waals surface area contributed by atoms with Crippen molar-refractivity contribution in [1.82, 2.24) is 0 Å². The SMILES string of the molecule is CCCCCc1ccc(-c2ccc(C(CCCC)Cc3cccs3)cc2F)cc1. The van der Waals surface area contributed by atoms with E-state index in [9.17, 15) is 0 Å². The zero-order valence-electron chi connectivity index (χ0n) is 17.8. The highest BCUT2D eigenvalue weighted by Gasteiger charge is 2.15. The van der Waals surface area contributed by atoms with E-state index in [4.69, 9.17) is 0 Å². The normalized spacial score (nSPS) is 12.2. The maximum absolute atomic E-state index is 15.0. The second-order valence-electron chi connectivity index (χ2n) is 8.02. The lowest BCUT2D eigenvalue weighted by Crippen LogP contribution is -2.03. The fourth-order valence-corrected chi connectivity index (χ4v) is 4.74. The van der Waals surface area contributed by atoms with Crippen LogP contribution < -0.4 is 0 Å². The van der Waals surface area contributed by atoms with Crippen LogP contribution in [0.1, 0.15) is 74.3 Å². The lowest BCUT2D eigenvalue weighted by Gasteiger charge is -2.18. The molecule has 0 N–H and O–H groups in total. The summed E-state index contributed by atoms with van der Waals surface area (Å²) in [6, 6.07) is 18.6. The van der Waals surface area contributed by atoms with Crippen LogP contribution in [0.3, 0.4) is 0 Å². The number of unbranched alkanes of at least 4 members (excludes halogenated alkanes) is 3. The van der Waals surface area contributed by atoms with Gasteiger partial charge < -0.3 is 0 Å². The van der Waals surface area contributed by atoms with Gasteiger partial charge in [0.2, 0.25) is 0 Å². The molecule has 1 aromatic heterocycles. The van der Waals surface area contributed by atoms with E-state index in [1.54, 1.807) is 17.4 Å². The van der Waals surface area contributed by atoms with Crippen LogP contribution >= 0.6 is 11.3 Å². The summed E-state index contributed by atoms with van der Waals surface area (Å²) in [5.74, 6) is 0.284. The zero-order chi connectivity index (χ0) is 20.5. The molecule has 0 amide bonds. The Morgan fingerprint density at radius 3 is 2.34 bits per heavy atom. The van der Waals surface area contributed by atoms with Crippen LogP contribution in [0.5, 0.6) is 0 Å². The molecule has 0 nitrogen and oxygen atoms in total. The third kappa shape index (κ3) is 6.27. The monoisotopic (exact) mass is 408 g/mol. The van der Waals surface area contributed by atoms with Gasteiger partial charge >= 0.3 is 0 Å². The number of halogens is 1. The van der Waals surface area contributed by atoms with Gasteiger partial charge in [0.1, 0.15) is 5.82 Å². The van der Waals surface area contributed by atoms with Crippen LogP contribution in [-0.2, 0) is 12.8 Å². The van der Waals surface area contributed by atoms with Gasteiger partial charge in [0.25, 0.3) is 0 Å². The molecule has 1 heterocycles. The summed E-state index contributed by atoms with van der Waals surface area (Å²) in [5.41, 5.74) is 4.15. The molecule has 0 saturated heterocycles. The fourth-order valence-electron chi connectivity index (χ4n) is 3.96. The van der Waals surface area contributed by atoms with Crippen LogP contribution in [0.15, 0.2) is 60.0 Å². The van der Waals surface area contributed by atoms with Gasteiger partial charge in [-0.25, -0.2) is 4.39 Å². The standard InChI is InChI=1S/C27H33FS/c1-3-5-7-9-21-12-14-22(15-13-21)26-17-16-24(20-27(26)28)23(10-6-4-2)19-25-11-8-18-29-25/h8,11-18,20,23H,3-7,9-10,19H2,1-2H3. The predicted octanol–water partition coefficient (Wildman–Crippen LogP) is 8.80. The number of thiophene rings is 1. The Morgan fingerprint density at radius 1 is 0.897 bits per heavy atom. The Labute approximate surface area is 179 Å². The third-order valence-corrected chi connectivity index (χ3v) is 6.63. The van der Waals surface area contributed by atoms with Gasteiger partial charge in [0.05, 0.1) is 0 Å². The highest BCUT2D eigenvalue weighted by molar-refractivity contribution is 7.09. The molecule has 0 fully saturated rings. The van der Waals surface area contributed by atoms with Gasteiger partial charge in [-0.3, -0.25) is 0 Å². The Morgan fingerprint density at radius 2 is 1.69 bits per heavy atom. The molecule has 3 rings (SSSR count). The summed E-state index contributed by atoms with van der Waals surface area (Å²) in [6.07, 6.45) is 9.30. The molecule has 3 aromatic rings. The van der Waals surface area contributed by atoms with Crippen molar-refractivity contribution in [3.8, 4) is 11.1 Å². The van der Waals surface area contributed by atoms with E-state index in [-0.39, 0.29) is 5.82 Å².